The van der Waals surface area contributed by atoms with Gasteiger partial charge in [0.25, 0.3) is 0 Å². The minimum absolute atomic E-state index is 0.0136. The van der Waals surface area contributed by atoms with E-state index in [2.05, 4.69) is 16.0 Å². The van der Waals surface area contributed by atoms with Gasteiger partial charge in [0, 0.05) is 36.8 Å². The molecule has 0 bridgehead atoms. The Labute approximate surface area is 246 Å². The van der Waals surface area contributed by atoms with Crippen LogP contribution in [-0.2, 0) is 32.3 Å². The zero-order valence-electron chi connectivity index (χ0n) is 23.3. The number of ether oxygens (including phenoxy) is 1. The van der Waals surface area contributed by atoms with Crippen LogP contribution in [0.4, 0.5) is 10.5 Å². The molecule has 3 N–H and O–H groups in total. The molecule has 2 aliphatic rings. The SMILES string of the molecule is O=C[C@H](CCC(=O)N1CCNc2ccccc2C1)NC(=O)[C@H](CC1CCCCC1)NC(=O)OCc1cccc(Cl)c1. The van der Waals surface area contributed by atoms with Crippen LogP contribution in [0.25, 0.3) is 0 Å². The smallest absolute Gasteiger partial charge is 0.408 e. The summed E-state index contributed by atoms with van der Waals surface area (Å²) in [7, 11) is 0. The number of benzene rings is 2. The maximum absolute atomic E-state index is 13.3. The Hall–Kier alpha value is -3.59. The van der Waals surface area contributed by atoms with Gasteiger partial charge in [0.15, 0.2) is 0 Å². The van der Waals surface area contributed by atoms with E-state index in [1.54, 1.807) is 29.2 Å². The highest BCUT2D eigenvalue weighted by molar-refractivity contribution is 6.30. The molecule has 2 aromatic rings. The van der Waals surface area contributed by atoms with Crippen LogP contribution in [0.5, 0.6) is 0 Å². The van der Waals surface area contributed by atoms with Crippen molar-refractivity contribution in [1.29, 1.82) is 0 Å². The Kier molecular flexibility index (Phi) is 11.4. The van der Waals surface area contributed by atoms with Gasteiger partial charge in [-0.1, -0.05) is 74.0 Å². The average molecular weight is 583 g/mol. The normalized spacial score (nSPS) is 16.8. The number of aldehydes is 1. The van der Waals surface area contributed by atoms with E-state index in [0.717, 1.165) is 42.5 Å². The highest BCUT2D eigenvalue weighted by atomic mass is 35.5. The van der Waals surface area contributed by atoms with Crippen molar-refractivity contribution in [2.45, 2.75) is 76.6 Å². The molecule has 0 aromatic heterocycles. The monoisotopic (exact) mass is 582 g/mol. The molecule has 2 atom stereocenters. The highest BCUT2D eigenvalue weighted by Gasteiger charge is 2.28. The molecule has 1 heterocycles. The Bertz CT molecular complexity index is 1200. The third kappa shape index (κ3) is 9.49. The van der Waals surface area contributed by atoms with Crippen LogP contribution in [0.1, 0.15) is 62.5 Å². The van der Waals surface area contributed by atoms with Crippen LogP contribution in [0.3, 0.4) is 0 Å². The number of fused-ring (bicyclic) bond motifs is 1. The van der Waals surface area contributed by atoms with Crippen molar-refractivity contribution in [3.8, 4) is 0 Å². The maximum atomic E-state index is 13.3. The molecular formula is C31H39ClN4O5. The quantitative estimate of drug-likeness (QED) is 0.327. The Morgan fingerprint density at radius 2 is 1.88 bits per heavy atom. The summed E-state index contributed by atoms with van der Waals surface area (Å²) in [6.07, 6.45) is 6.02. The summed E-state index contributed by atoms with van der Waals surface area (Å²) in [5, 5.41) is 9.33. The molecule has 0 saturated heterocycles. The van der Waals surface area contributed by atoms with Gasteiger partial charge < -0.3 is 30.4 Å². The standard InChI is InChI=1S/C31H39ClN4O5/c32-25-11-6-9-23(17-25)21-41-31(40)35-28(18-22-7-2-1-3-8-22)30(39)34-26(20-37)13-14-29(38)36-16-15-33-27-12-5-4-10-24(27)19-36/h4-6,9-12,17,20,22,26,28,33H,1-3,7-8,13-16,18-19,21H2,(H,34,39)(H,35,40)/t26-,28-/m0/s1. The number of nitrogens with one attached hydrogen (secondary N) is 3. The molecule has 3 amide bonds. The fourth-order valence-electron chi connectivity index (χ4n) is 5.50. The maximum Gasteiger partial charge on any atom is 0.408 e. The second-order valence-electron chi connectivity index (χ2n) is 10.8. The predicted octanol–water partition coefficient (Wildman–Crippen LogP) is 4.82. The van der Waals surface area contributed by atoms with Crippen molar-refractivity contribution < 1.29 is 23.9 Å². The largest absolute Gasteiger partial charge is 0.445 e. The molecule has 9 nitrogen and oxygen atoms in total. The third-order valence-corrected chi connectivity index (χ3v) is 7.99. The van der Waals surface area contributed by atoms with Gasteiger partial charge in [-0.3, -0.25) is 9.59 Å². The van der Waals surface area contributed by atoms with E-state index in [4.69, 9.17) is 16.3 Å². The molecule has 10 heteroatoms. The number of carbonyl (C=O) groups is 4. The number of anilines is 1. The predicted molar refractivity (Wildman–Crippen MR) is 157 cm³/mol. The number of hydrogen-bond donors (Lipinski definition) is 3. The summed E-state index contributed by atoms with van der Waals surface area (Å²) in [5.74, 6) is -0.234. The van der Waals surface area contributed by atoms with Gasteiger partial charge in [0.1, 0.15) is 18.9 Å². The summed E-state index contributed by atoms with van der Waals surface area (Å²) < 4.78 is 5.35. The van der Waals surface area contributed by atoms with Crippen LogP contribution in [0.2, 0.25) is 5.02 Å². The first-order valence-electron chi connectivity index (χ1n) is 14.4. The van der Waals surface area contributed by atoms with E-state index in [1.807, 2.05) is 24.3 Å². The van der Waals surface area contributed by atoms with Gasteiger partial charge in [0.2, 0.25) is 11.8 Å². The fraction of sp³-hybridized carbons (Fsp3) is 0.484. The minimum Gasteiger partial charge on any atom is -0.445 e. The van der Waals surface area contributed by atoms with E-state index in [1.165, 1.54) is 6.42 Å². The summed E-state index contributed by atoms with van der Waals surface area (Å²) in [5.41, 5.74) is 2.79. The number of alkyl carbamates (subject to hydrolysis) is 1. The molecule has 0 radical (unpaired) electrons. The molecule has 41 heavy (non-hydrogen) atoms. The van der Waals surface area contributed by atoms with Crippen molar-refractivity contribution in [3.63, 3.8) is 0 Å². The first-order valence-corrected chi connectivity index (χ1v) is 14.8. The first-order chi connectivity index (χ1) is 19.9. The van der Waals surface area contributed by atoms with Crippen molar-refractivity contribution in [3.05, 3.63) is 64.7 Å². The van der Waals surface area contributed by atoms with Gasteiger partial charge in [-0.2, -0.15) is 0 Å². The lowest BCUT2D eigenvalue weighted by Crippen LogP contribution is -2.51. The molecule has 1 saturated carbocycles. The molecule has 2 aromatic carbocycles. The average Bonchev–Trinajstić information content (AvgIpc) is 3.21. The lowest BCUT2D eigenvalue weighted by Gasteiger charge is -2.27. The molecule has 1 aliphatic heterocycles. The molecule has 0 spiro atoms. The molecule has 1 aliphatic carbocycles. The van der Waals surface area contributed by atoms with E-state index in [-0.39, 0.29) is 25.4 Å². The molecule has 4 rings (SSSR count). The van der Waals surface area contributed by atoms with Gasteiger partial charge in [0.05, 0.1) is 6.04 Å². The fourth-order valence-corrected chi connectivity index (χ4v) is 5.71. The minimum atomic E-state index is -0.851. The first kappa shape index (κ1) is 30.4. The summed E-state index contributed by atoms with van der Waals surface area (Å²) in [4.78, 5) is 52.6. The number of amides is 3. The number of carbonyl (C=O) groups excluding carboxylic acids is 4. The number of nitrogens with zero attached hydrogens (tertiary/aromatic N) is 1. The lowest BCUT2D eigenvalue weighted by atomic mass is 9.84. The number of halogens is 1. The molecule has 1 fully saturated rings. The van der Waals surface area contributed by atoms with Crippen LogP contribution in [-0.4, -0.2) is 54.3 Å². The summed E-state index contributed by atoms with van der Waals surface area (Å²) >= 11 is 6.01. The van der Waals surface area contributed by atoms with Crippen molar-refractivity contribution in [2.24, 2.45) is 5.92 Å². The zero-order chi connectivity index (χ0) is 29.0. The second kappa shape index (κ2) is 15.4. The molecule has 220 valence electrons. The zero-order valence-corrected chi connectivity index (χ0v) is 24.0. The third-order valence-electron chi connectivity index (χ3n) is 7.75. The highest BCUT2D eigenvalue weighted by Crippen LogP contribution is 2.27. The second-order valence-corrected chi connectivity index (χ2v) is 11.3. The van der Waals surface area contributed by atoms with Gasteiger partial charge in [-0.05, 0) is 48.1 Å². The van der Waals surface area contributed by atoms with E-state index in [0.29, 0.717) is 43.3 Å². The van der Waals surface area contributed by atoms with Gasteiger partial charge >= 0.3 is 6.09 Å². The van der Waals surface area contributed by atoms with Crippen LogP contribution in [0, 0.1) is 5.92 Å². The van der Waals surface area contributed by atoms with Crippen LogP contribution < -0.4 is 16.0 Å². The van der Waals surface area contributed by atoms with Crippen molar-refractivity contribution in [1.82, 2.24) is 15.5 Å². The van der Waals surface area contributed by atoms with Gasteiger partial charge in [-0.15, -0.1) is 0 Å². The Morgan fingerprint density at radius 3 is 2.66 bits per heavy atom. The van der Waals surface area contributed by atoms with E-state index < -0.39 is 24.1 Å². The number of para-hydroxylation sites is 1. The van der Waals surface area contributed by atoms with Crippen LogP contribution >= 0.6 is 11.6 Å². The number of hydrogen-bond acceptors (Lipinski definition) is 6. The van der Waals surface area contributed by atoms with Gasteiger partial charge in [-0.25, -0.2) is 4.79 Å². The Balaban J connectivity index is 1.31. The summed E-state index contributed by atoms with van der Waals surface area (Å²) in [6, 6.07) is 13.2. The molecule has 0 unspecified atom stereocenters. The topological polar surface area (TPSA) is 117 Å². The lowest BCUT2D eigenvalue weighted by molar-refractivity contribution is -0.132. The van der Waals surface area contributed by atoms with E-state index >= 15 is 0 Å². The van der Waals surface area contributed by atoms with Crippen molar-refractivity contribution in [2.75, 3.05) is 18.4 Å². The number of rotatable bonds is 11. The van der Waals surface area contributed by atoms with Crippen LogP contribution in [0.15, 0.2) is 48.5 Å². The molecular weight excluding hydrogens is 544 g/mol. The Morgan fingerprint density at radius 1 is 1.07 bits per heavy atom. The van der Waals surface area contributed by atoms with E-state index in [9.17, 15) is 19.2 Å². The summed E-state index contributed by atoms with van der Waals surface area (Å²) in [6.45, 7) is 1.69. The van der Waals surface area contributed by atoms with Crippen molar-refractivity contribution >= 4 is 41.5 Å².